The maximum absolute atomic E-state index is 12.8. The minimum absolute atomic E-state index is 0.175. The number of amides is 1. The molecule has 0 unspecified atom stereocenters. The fourth-order valence-electron chi connectivity index (χ4n) is 5.32. The quantitative estimate of drug-likeness (QED) is 0.338. The van der Waals surface area contributed by atoms with Crippen LogP contribution in [0.1, 0.15) is 55.3 Å². The molecule has 9 heteroatoms. The molecule has 4 N–H and O–H groups in total. The number of nitrogens with one attached hydrogen (secondary N) is 2. The standard InChI is InChI=1S/C29H33N7O2/c1-4-5-25(37)36-12-9-19(10-13-36)22-7-6-21(14-17(22)2)33-27-26-20(8-11-31-28(26)38)16-24(34-27)23-15-18(3)32-29(30)35-23/h6-8,11,14-16,19H,4-5,9-10,12-13H2,1-3H3,(H,31,38)(H,33,34)(H2,30,32,35). The van der Waals surface area contributed by atoms with Crippen LogP contribution in [-0.2, 0) is 4.79 Å². The number of piperidine rings is 1. The van der Waals surface area contributed by atoms with Crippen molar-refractivity contribution in [1.82, 2.24) is 24.8 Å². The van der Waals surface area contributed by atoms with Gasteiger partial charge in [0.2, 0.25) is 11.9 Å². The lowest BCUT2D eigenvalue weighted by molar-refractivity contribution is -0.132. The molecule has 0 atom stereocenters. The van der Waals surface area contributed by atoms with Gasteiger partial charge < -0.3 is 20.9 Å². The highest BCUT2D eigenvalue weighted by Crippen LogP contribution is 2.33. The topological polar surface area (TPSA) is 130 Å². The smallest absolute Gasteiger partial charge is 0.259 e. The first-order valence-corrected chi connectivity index (χ1v) is 13.1. The number of aryl methyl sites for hydroxylation is 2. The Morgan fingerprint density at radius 2 is 1.84 bits per heavy atom. The number of nitrogen functional groups attached to an aromatic ring is 1. The van der Waals surface area contributed by atoms with E-state index in [1.807, 2.05) is 43.0 Å². The molecule has 1 amide bonds. The molecule has 0 saturated carbocycles. The summed E-state index contributed by atoms with van der Waals surface area (Å²) in [5.41, 5.74) is 10.9. The van der Waals surface area contributed by atoms with Crippen molar-refractivity contribution in [3.63, 3.8) is 0 Å². The van der Waals surface area contributed by atoms with E-state index in [9.17, 15) is 9.59 Å². The molecule has 4 heterocycles. The first-order chi connectivity index (χ1) is 18.3. The summed E-state index contributed by atoms with van der Waals surface area (Å²) in [5.74, 6) is 1.31. The first-order valence-electron chi connectivity index (χ1n) is 13.1. The lowest BCUT2D eigenvalue weighted by Crippen LogP contribution is -2.37. The van der Waals surface area contributed by atoms with Crippen molar-refractivity contribution >= 4 is 34.1 Å². The molecule has 196 valence electrons. The normalized spacial score (nSPS) is 14.1. The summed E-state index contributed by atoms with van der Waals surface area (Å²) in [5, 5.41) is 4.59. The van der Waals surface area contributed by atoms with Crippen molar-refractivity contribution in [2.24, 2.45) is 0 Å². The van der Waals surface area contributed by atoms with Crippen molar-refractivity contribution in [3.8, 4) is 11.4 Å². The number of aromatic amines is 1. The van der Waals surface area contributed by atoms with E-state index in [1.54, 1.807) is 6.20 Å². The van der Waals surface area contributed by atoms with Crippen LogP contribution in [0.15, 0.2) is 47.4 Å². The number of hydrogen-bond acceptors (Lipinski definition) is 7. The van der Waals surface area contributed by atoms with E-state index >= 15 is 0 Å². The molecule has 1 aliphatic heterocycles. The summed E-state index contributed by atoms with van der Waals surface area (Å²) in [6.07, 6.45) is 5.07. The Morgan fingerprint density at radius 3 is 2.55 bits per heavy atom. The maximum Gasteiger partial charge on any atom is 0.259 e. The number of benzene rings is 1. The van der Waals surface area contributed by atoms with Crippen LogP contribution in [0, 0.1) is 13.8 Å². The molecule has 3 aromatic heterocycles. The van der Waals surface area contributed by atoms with E-state index in [0.29, 0.717) is 34.9 Å². The molecule has 1 fully saturated rings. The van der Waals surface area contributed by atoms with Gasteiger partial charge in [0.25, 0.3) is 5.56 Å². The number of carbonyl (C=O) groups is 1. The van der Waals surface area contributed by atoms with Crippen LogP contribution in [0.2, 0.25) is 0 Å². The molecule has 0 bridgehead atoms. The van der Waals surface area contributed by atoms with Crippen LogP contribution in [0.3, 0.4) is 0 Å². The van der Waals surface area contributed by atoms with Gasteiger partial charge in [-0.05, 0) is 85.9 Å². The zero-order valence-electron chi connectivity index (χ0n) is 22.0. The SMILES string of the molecule is CCCC(=O)N1CCC(c2ccc(Nc3nc(-c4cc(C)nc(N)n4)cc4cc[nH]c(=O)c34)cc2C)CC1. The predicted molar refractivity (Wildman–Crippen MR) is 150 cm³/mol. The van der Waals surface area contributed by atoms with Gasteiger partial charge in [0, 0.05) is 37.1 Å². The largest absolute Gasteiger partial charge is 0.368 e. The number of anilines is 3. The van der Waals surface area contributed by atoms with E-state index in [0.717, 1.165) is 49.1 Å². The van der Waals surface area contributed by atoms with Crippen LogP contribution in [0.5, 0.6) is 0 Å². The predicted octanol–water partition coefficient (Wildman–Crippen LogP) is 4.83. The Kier molecular flexibility index (Phi) is 7.09. The lowest BCUT2D eigenvalue weighted by Gasteiger charge is -2.33. The van der Waals surface area contributed by atoms with Crippen molar-refractivity contribution in [2.75, 3.05) is 24.1 Å². The second-order valence-corrected chi connectivity index (χ2v) is 9.98. The van der Waals surface area contributed by atoms with Gasteiger partial charge in [-0.15, -0.1) is 0 Å². The van der Waals surface area contributed by atoms with Crippen molar-refractivity contribution in [3.05, 3.63) is 69.8 Å². The Balaban J connectivity index is 1.43. The molecule has 4 aromatic rings. The van der Waals surface area contributed by atoms with E-state index in [2.05, 4.69) is 39.3 Å². The zero-order chi connectivity index (χ0) is 26.8. The highest BCUT2D eigenvalue weighted by molar-refractivity contribution is 5.95. The molecule has 0 radical (unpaired) electrons. The molecule has 1 aromatic carbocycles. The number of likely N-dealkylation sites (tertiary alicyclic amines) is 1. The van der Waals surface area contributed by atoms with E-state index in [1.165, 1.54) is 11.1 Å². The molecule has 1 aliphatic rings. The number of rotatable bonds is 6. The molecule has 0 aliphatic carbocycles. The first kappa shape index (κ1) is 25.4. The maximum atomic E-state index is 12.8. The van der Waals surface area contributed by atoms with Crippen LogP contribution in [0.25, 0.3) is 22.2 Å². The molecular weight excluding hydrogens is 478 g/mol. The number of H-pyrrole nitrogens is 1. The number of hydrogen-bond donors (Lipinski definition) is 3. The summed E-state index contributed by atoms with van der Waals surface area (Å²) >= 11 is 0. The highest BCUT2D eigenvalue weighted by atomic mass is 16.2. The minimum atomic E-state index is -0.222. The molecule has 38 heavy (non-hydrogen) atoms. The van der Waals surface area contributed by atoms with E-state index in [4.69, 9.17) is 10.7 Å². The number of nitrogens with two attached hydrogens (primary N) is 1. The molecule has 5 rings (SSSR count). The minimum Gasteiger partial charge on any atom is -0.368 e. The van der Waals surface area contributed by atoms with Gasteiger partial charge in [-0.25, -0.2) is 15.0 Å². The van der Waals surface area contributed by atoms with Crippen molar-refractivity contribution in [1.29, 1.82) is 0 Å². The Labute approximate surface area is 221 Å². The Bertz CT molecular complexity index is 1530. The van der Waals surface area contributed by atoms with Crippen LogP contribution in [-0.4, -0.2) is 43.8 Å². The summed E-state index contributed by atoms with van der Waals surface area (Å²) in [6, 6.07) is 11.8. The van der Waals surface area contributed by atoms with Gasteiger partial charge in [0.15, 0.2) is 0 Å². The summed E-state index contributed by atoms with van der Waals surface area (Å²) in [7, 11) is 0. The van der Waals surface area contributed by atoms with Gasteiger partial charge in [0.1, 0.15) is 5.82 Å². The monoisotopic (exact) mass is 511 g/mol. The second-order valence-electron chi connectivity index (χ2n) is 9.98. The van der Waals surface area contributed by atoms with Crippen LogP contribution < -0.4 is 16.6 Å². The average molecular weight is 512 g/mol. The van der Waals surface area contributed by atoms with Crippen LogP contribution >= 0.6 is 0 Å². The van der Waals surface area contributed by atoms with Crippen molar-refractivity contribution in [2.45, 2.75) is 52.4 Å². The van der Waals surface area contributed by atoms with Crippen LogP contribution in [0.4, 0.5) is 17.5 Å². The fraction of sp³-hybridized carbons (Fsp3) is 0.345. The Morgan fingerprint density at radius 1 is 1.08 bits per heavy atom. The number of pyridine rings is 2. The molecule has 0 spiro atoms. The van der Waals surface area contributed by atoms with Crippen molar-refractivity contribution < 1.29 is 4.79 Å². The van der Waals surface area contributed by atoms with Gasteiger partial charge in [-0.1, -0.05) is 13.0 Å². The summed E-state index contributed by atoms with van der Waals surface area (Å²) in [4.78, 5) is 43.1. The lowest BCUT2D eigenvalue weighted by atomic mass is 9.86. The summed E-state index contributed by atoms with van der Waals surface area (Å²) < 4.78 is 0. The second kappa shape index (κ2) is 10.6. The molecule has 1 saturated heterocycles. The van der Waals surface area contributed by atoms with Gasteiger partial charge in [0.05, 0.1) is 16.8 Å². The zero-order valence-corrected chi connectivity index (χ0v) is 22.0. The number of nitrogens with zero attached hydrogens (tertiary/aromatic N) is 4. The third-order valence-electron chi connectivity index (χ3n) is 7.17. The molecule has 9 nitrogen and oxygen atoms in total. The van der Waals surface area contributed by atoms with Gasteiger partial charge in [-0.2, -0.15) is 0 Å². The van der Waals surface area contributed by atoms with E-state index < -0.39 is 0 Å². The third-order valence-corrected chi connectivity index (χ3v) is 7.17. The number of aromatic nitrogens is 4. The number of carbonyl (C=O) groups excluding carboxylic acids is 1. The van der Waals surface area contributed by atoms with Gasteiger partial charge in [-0.3, -0.25) is 9.59 Å². The fourth-order valence-corrected chi connectivity index (χ4v) is 5.32. The number of fused-ring (bicyclic) bond motifs is 1. The summed E-state index contributed by atoms with van der Waals surface area (Å²) in [6.45, 7) is 7.62. The van der Waals surface area contributed by atoms with E-state index in [-0.39, 0.29) is 17.4 Å². The van der Waals surface area contributed by atoms with Gasteiger partial charge >= 0.3 is 0 Å². The highest BCUT2D eigenvalue weighted by Gasteiger charge is 2.24. The molecular formula is C29H33N7O2. The third kappa shape index (κ3) is 5.22. The average Bonchev–Trinajstić information content (AvgIpc) is 2.88. The Hall–Kier alpha value is -4.27.